The summed E-state index contributed by atoms with van der Waals surface area (Å²) in [4.78, 5) is 0. The van der Waals surface area contributed by atoms with Crippen LogP contribution in [-0.4, -0.2) is 0 Å². The van der Waals surface area contributed by atoms with Crippen molar-refractivity contribution in [3.8, 4) is 18.2 Å². The first kappa shape index (κ1) is 10.7. The zero-order valence-corrected chi connectivity index (χ0v) is 9.15. The van der Waals surface area contributed by atoms with Crippen LogP contribution in [-0.2, 0) is 0 Å². The van der Waals surface area contributed by atoms with Gasteiger partial charge in [-0.05, 0) is 30.0 Å². The van der Waals surface area contributed by atoms with Gasteiger partial charge >= 0.3 is 0 Å². The second kappa shape index (κ2) is 3.97. The molecule has 0 saturated heterocycles. The molecule has 0 heterocycles. The lowest BCUT2D eigenvalue weighted by atomic mass is 9.93. The summed E-state index contributed by atoms with van der Waals surface area (Å²) < 4.78 is 0. The van der Waals surface area contributed by atoms with Gasteiger partial charge in [0.25, 0.3) is 0 Å². The number of nitrogens with zero attached hydrogens (tertiary/aromatic N) is 3. The summed E-state index contributed by atoms with van der Waals surface area (Å²) in [7, 11) is 0. The van der Waals surface area contributed by atoms with Crippen LogP contribution in [0.1, 0.15) is 22.3 Å². The van der Waals surface area contributed by atoms with Crippen LogP contribution in [0.15, 0.2) is 24.3 Å². The molecule has 0 aliphatic carbocycles. The highest BCUT2D eigenvalue weighted by Gasteiger charge is 2.12. The fraction of sp³-hybridized carbons (Fsp3) is 0.0714. The number of benzene rings is 2. The third-order valence-corrected chi connectivity index (χ3v) is 2.72. The standard InChI is InChI=1S/C14H7N3/c1-9-5-11(7-16)13(8-17)14-10(6-15)3-2-4-12(9)14/h2-5H,1H3. The van der Waals surface area contributed by atoms with Crippen molar-refractivity contribution in [1.29, 1.82) is 15.8 Å². The van der Waals surface area contributed by atoms with Crippen LogP contribution in [0.4, 0.5) is 0 Å². The van der Waals surface area contributed by atoms with E-state index < -0.39 is 0 Å². The molecule has 78 valence electrons. The lowest BCUT2D eigenvalue weighted by Gasteiger charge is -2.07. The Morgan fingerprint density at radius 3 is 2.24 bits per heavy atom. The molecule has 0 bridgehead atoms. The first-order valence-electron chi connectivity index (χ1n) is 4.99. The van der Waals surface area contributed by atoms with Gasteiger partial charge in [0.15, 0.2) is 0 Å². The lowest BCUT2D eigenvalue weighted by molar-refractivity contribution is 1.41. The minimum absolute atomic E-state index is 0.283. The van der Waals surface area contributed by atoms with Crippen molar-refractivity contribution >= 4 is 10.8 Å². The Hall–Kier alpha value is -2.83. The highest BCUT2D eigenvalue weighted by molar-refractivity contribution is 5.96. The molecule has 3 nitrogen and oxygen atoms in total. The van der Waals surface area contributed by atoms with Crippen molar-refractivity contribution < 1.29 is 0 Å². The molecule has 0 aromatic heterocycles. The Morgan fingerprint density at radius 2 is 1.65 bits per heavy atom. The third kappa shape index (κ3) is 1.49. The van der Waals surface area contributed by atoms with E-state index in [-0.39, 0.29) is 5.56 Å². The van der Waals surface area contributed by atoms with E-state index in [0.29, 0.717) is 16.5 Å². The fourth-order valence-corrected chi connectivity index (χ4v) is 1.95. The normalized spacial score (nSPS) is 9.29. The Bertz CT molecular complexity index is 737. The number of hydrogen-bond donors (Lipinski definition) is 0. The van der Waals surface area contributed by atoms with Crippen molar-refractivity contribution in [2.45, 2.75) is 6.92 Å². The quantitative estimate of drug-likeness (QED) is 0.681. The molecule has 0 aliphatic rings. The zero-order chi connectivity index (χ0) is 12.4. The molecule has 2 aromatic rings. The van der Waals surface area contributed by atoms with Crippen LogP contribution in [0.3, 0.4) is 0 Å². The van der Waals surface area contributed by atoms with Crippen molar-refractivity contribution in [2.75, 3.05) is 0 Å². The van der Waals surface area contributed by atoms with Gasteiger partial charge in [-0.1, -0.05) is 12.1 Å². The van der Waals surface area contributed by atoms with Crippen molar-refractivity contribution in [3.05, 3.63) is 46.5 Å². The molecule has 3 heteroatoms. The van der Waals surface area contributed by atoms with E-state index >= 15 is 0 Å². The van der Waals surface area contributed by atoms with Gasteiger partial charge in [-0.3, -0.25) is 0 Å². The second-order valence-electron chi connectivity index (χ2n) is 3.68. The molecule has 0 aliphatic heterocycles. The summed E-state index contributed by atoms with van der Waals surface area (Å²) in [5, 5.41) is 28.7. The number of hydrogen-bond acceptors (Lipinski definition) is 3. The van der Waals surface area contributed by atoms with E-state index in [1.807, 2.05) is 25.1 Å². The summed E-state index contributed by atoms with van der Waals surface area (Å²) >= 11 is 0. The van der Waals surface area contributed by atoms with Gasteiger partial charge in [0.05, 0.1) is 22.8 Å². The van der Waals surface area contributed by atoms with E-state index in [9.17, 15) is 0 Å². The summed E-state index contributed by atoms with van der Waals surface area (Å²) in [5.41, 5.74) is 1.93. The maximum atomic E-state index is 9.15. The zero-order valence-electron chi connectivity index (χ0n) is 9.15. The summed E-state index contributed by atoms with van der Waals surface area (Å²) in [6.45, 7) is 1.87. The second-order valence-corrected chi connectivity index (χ2v) is 3.68. The van der Waals surface area contributed by atoms with Crippen LogP contribution in [0.2, 0.25) is 0 Å². The van der Waals surface area contributed by atoms with Gasteiger partial charge in [-0.15, -0.1) is 0 Å². The molecule has 0 saturated carbocycles. The maximum Gasteiger partial charge on any atom is 0.101 e. The van der Waals surface area contributed by atoms with E-state index in [1.165, 1.54) is 0 Å². The van der Waals surface area contributed by atoms with Gasteiger partial charge in [0.2, 0.25) is 0 Å². The number of rotatable bonds is 0. The van der Waals surface area contributed by atoms with Gasteiger partial charge in [0, 0.05) is 5.39 Å². The number of aryl methyl sites for hydroxylation is 1. The van der Waals surface area contributed by atoms with Crippen LogP contribution in [0.25, 0.3) is 10.8 Å². The number of fused-ring (bicyclic) bond motifs is 1. The Kier molecular flexibility index (Phi) is 2.49. The van der Waals surface area contributed by atoms with E-state index in [0.717, 1.165) is 10.9 Å². The van der Waals surface area contributed by atoms with Gasteiger partial charge in [0.1, 0.15) is 12.1 Å². The number of nitriles is 3. The van der Waals surface area contributed by atoms with Crippen LogP contribution in [0.5, 0.6) is 0 Å². The predicted octanol–water partition coefficient (Wildman–Crippen LogP) is 2.76. The van der Waals surface area contributed by atoms with E-state index in [4.69, 9.17) is 15.8 Å². The predicted molar refractivity (Wildman–Crippen MR) is 62.8 cm³/mol. The van der Waals surface area contributed by atoms with E-state index in [2.05, 4.69) is 6.07 Å². The molecule has 0 amide bonds. The molecule has 0 spiro atoms. The molecule has 0 unspecified atom stereocenters. The maximum absolute atomic E-state index is 9.15. The average molecular weight is 217 g/mol. The molecule has 2 rings (SSSR count). The van der Waals surface area contributed by atoms with Crippen LogP contribution in [0, 0.1) is 40.9 Å². The van der Waals surface area contributed by atoms with Gasteiger partial charge < -0.3 is 0 Å². The smallest absolute Gasteiger partial charge is 0.101 e. The van der Waals surface area contributed by atoms with Crippen LogP contribution >= 0.6 is 0 Å². The molecular weight excluding hydrogens is 210 g/mol. The molecule has 17 heavy (non-hydrogen) atoms. The van der Waals surface area contributed by atoms with Crippen molar-refractivity contribution in [2.24, 2.45) is 0 Å². The molecule has 0 radical (unpaired) electrons. The molecule has 0 fully saturated rings. The largest absolute Gasteiger partial charge is 0.192 e. The molecule has 0 atom stereocenters. The first-order valence-corrected chi connectivity index (χ1v) is 4.99. The lowest BCUT2D eigenvalue weighted by Crippen LogP contribution is -1.92. The summed E-state index contributed by atoms with van der Waals surface area (Å²) in [6, 6.07) is 13.1. The van der Waals surface area contributed by atoms with Crippen molar-refractivity contribution in [3.63, 3.8) is 0 Å². The first-order chi connectivity index (χ1) is 8.22. The Balaban J connectivity index is 3.12. The summed E-state index contributed by atoms with van der Waals surface area (Å²) in [6.07, 6.45) is 0. The highest BCUT2D eigenvalue weighted by Crippen LogP contribution is 2.28. The van der Waals surface area contributed by atoms with Gasteiger partial charge in [-0.2, -0.15) is 15.8 Å². The average Bonchev–Trinajstić information content (AvgIpc) is 2.37. The Labute approximate surface area is 98.8 Å². The van der Waals surface area contributed by atoms with Crippen LogP contribution < -0.4 is 0 Å². The summed E-state index contributed by atoms with van der Waals surface area (Å²) in [5.74, 6) is 0. The molecular formula is C14H7N3. The molecule has 2 aromatic carbocycles. The monoisotopic (exact) mass is 217 g/mol. The molecule has 0 N–H and O–H groups in total. The Morgan fingerprint density at radius 1 is 0.941 bits per heavy atom. The highest BCUT2D eigenvalue weighted by atomic mass is 14.3. The van der Waals surface area contributed by atoms with Crippen molar-refractivity contribution in [1.82, 2.24) is 0 Å². The third-order valence-electron chi connectivity index (χ3n) is 2.72. The fourth-order valence-electron chi connectivity index (χ4n) is 1.95. The minimum atomic E-state index is 0.283. The minimum Gasteiger partial charge on any atom is -0.192 e. The SMILES string of the molecule is Cc1cc(C#N)c(C#N)c2c(C#N)cccc12. The van der Waals surface area contributed by atoms with Gasteiger partial charge in [-0.25, -0.2) is 0 Å². The topological polar surface area (TPSA) is 71.4 Å². The van der Waals surface area contributed by atoms with E-state index in [1.54, 1.807) is 18.2 Å².